The molecule has 6 heteroatoms. The van der Waals surface area contributed by atoms with Gasteiger partial charge < -0.3 is 14.8 Å². The van der Waals surface area contributed by atoms with Gasteiger partial charge >= 0.3 is 0 Å². The van der Waals surface area contributed by atoms with E-state index < -0.39 is 5.43 Å². The molecule has 0 atom stereocenters. The topological polar surface area (TPSA) is 74.8 Å². The molecule has 2 rings (SSSR count). The molecule has 0 radical (unpaired) electrons. The average molecular weight is 226 g/mol. The second kappa shape index (κ2) is 4.39. The van der Waals surface area contributed by atoms with Crippen LogP contribution in [0.15, 0.2) is 26.5 Å². The fraction of sp³-hybridized carbons (Fsp3) is 0.333. The molecule has 0 aliphatic carbocycles. The van der Waals surface area contributed by atoms with Crippen LogP contribution < -0.4 is 10.7 Å². The minimum Gasteiger partial charge on any atom is -0.502 e. The maximum absolute atomic E-state index is 11.1. The van der Waals surface area contributed by atoms with Crippen LogP contribution in [0.2, 0.25) is 0 Å². The Bertz CT molecular complexity index is 441. The first-order valence-electron chi connectivity index (χ1n) is 4.47. The van der Waals surface area contributed by atoms with E-state index in [1.165, 1.54) is 17.8 Å². The van der Waals surface area contributed by atoms with Gasteiger partial charge in [0.1, 0.15) is 12.0 Å². The van der Waals surface area contributed by atoms with E-state index in [2.05, 4.69) is 10.3 Å². The van der Waals surface area contributed by atoms with Gasteiger partial charge in [-0.1, -0.05) is 11.8 Å². The number of thioether (sulfide) groups is 1. The Morgan fingerprint density at radius 3 is 3.20 bits per heavy atom. The molecule has 0 fully saturated rings. The minimum absolute atomic E-state index is 0.361. The highest BCUT2D eigenvalue weighted by Crippen LogP contribution is 2.14. The third-order valence-electron chi connectivity index (χ3n) is 1.86. The van der Waals surface area contributed by atoms with Gasteiger partial charge in [0.25, 0.3) is 0 Å². The van der Waals surface area contributed by atoms with Gasteiger partial charge in [-0.25, -0.2) is 0 Å². The lowest BCUT2D eigenvalue weighted by Crippen LogP contribution is -2.15. The van der Waals surface area contributed by atoms with Crippen molar-refractivity contribution in [2.45, 2.75) is 5.75 Å². The Labute approximate surface area is 90.2 Å². The van der Waals surface area contributed by atoms with Crippen LogP contribution in [-0.4, -0.2) is 23.4 Å². The molecule has 0 saturated carbocycles. The third-order valence-corrected chi connectivity index (χ3v) is 2.84. The molecule has 15 heavy (non-hydrogen) atoms. The first-order valence-corrected chi connectivity index (χ1v) is 5.46. The first kappa shape index (κ1) is 10.1. The summed E-state index contributed by atoms with van der Waals surface area (Å²) in [7, 11) is 0. The Morgan fingerprint density at radius 1 is 1.67 bits per heavy atom. The number of rotatable bonds is 2. The summed E-state index contributed by atoms with van der Waals surface area (Å²) < 4.78 is 5.05. The highest BCUT2D eigenvalue weighted by molar-refractivity contribution is 8.13. The van der Waals surface area contributed by atoms with Crippen LogP contribution in [-0.2, 0) is 5.75 Å². The summed E-state index contributed by atoms with van der Waals surface area (Å²) in [6.45, 7) is 1.66. The zero-order valence-electron chi connectivity index (χ0n) is 7.90. The predicted octanol–water partition coefficient (Wildman–Crippen LogP) is 0.538. The lowest BCUT2D eigenvalue weighted by Gasteiger charge is -2.01. The minimum atomic E-state index is -0.418. The van der Waals surface area contributed by atoms with Crippen molar-refractivity contribution in [3.8, 4) is 5.75 Å². The molecule has 1 aromatic rings. The number of nitrogens with zero attached hydrogens (tertiary/aromatic N) is 1. The summed E-state index contributed by atoms with van der Waals surface area (Å²) in [6.07, 6.45) is 1.06. The molecule has 0 unspecified atom stereocenters. The van der Waals surface area contributed by atoms with E-state index in [0.717, 1.165) is 24.5 Å². The largest absolute Gasteiger partial charge is 0.502 e. The zero-order valence-corrected chi connectivity index (χ0v) is 8.71. The van der Waals surface area contributed by atoms with E-state index in [0.29, 0.717) is 11.5 Å². The summed E-state index contributed by atoms with van der Waals surface area (Å²) in [5, 5.41) is 12.9. The highest BCUT2D eigenvalue weighted by atomic mass is 32.2. The van der Waals surface area contributed by atoms with Gasteiger partial charge in [-0.2, -0.15) is 0 Å². The van der Waals surface area contributed by atoms with Crippen molar-refractivity contribution < 1.29 is 9.52 Å². The van der Waals surface area contributed by atoms with Crippen LogP contribution in [0.3, 0.4) is 0 Å². The zero-order chi connectivity index (χ0) is 10.7. The van der Waals surface area contributed by atoms with Crippen molar-refractivity contribution in [3.05, 3.63) is 28.3 Å². The van der Waals surface area contributed by atoms with Crippen molar-refractivity contribution in [2.75, 3.05) is 13.1 Å². The second-order valence-corrected chi connectivity index (χ2v) is 3.96. The van der Waals surface area contributed by atoms with Crippen molar-refractivity contribution in [1.29, 1.82) is 0 Å². The van der Waals surface area contributed by atoms with Gasteiger partial charge in [-0.15, -0.1) is 0 Å². The normalized spacial score (nSPS) is 14.8. The maximum Gasteiger partial charge on any atom is 0.226 e. The quantitative estimate of drug-likeness (QED) is 0.769. The standard InChI is InChI=1S/C9H10N2O3S/c12-7-3-6(14-4-8(7)13)5-15-9-10-1-2-11-9/h3-4,13H,1-2,5H2,(H,10,11). The smallest absolute Gasteiger partial charge is 0.226 e. The van der Waals surface area contributed by atoms with Gasteiger partial charge in [0, 0.05) is 12.6 Å². The molecule has 80 valence electrons. The lowest BCUT2D eigenvalue weighted by molar-refractivity contribution is 0.419. The lowest BCUT2D eigenvalue weighted by atomic mass is 10.4. The highest BCUT2D eigenvalue weighted by Gasteiger charge is 2.07. The fourth-order valence-electron chi connectivity index (χ4n) is 1.13. The van der Waals surface area contributed by atoms with Crippen LogP contribution >= 0.6 is 11.8 Å². The molecule has 1 aliphatic heterocycles. The Kier molecular flexibility index (Phi) is 2.96. The van der Waals surface area contributed by atoms with Gasteiger partial charge in [-0.05, 0) is 0 Å². The van der Waals surface area contributed by atoms with E-state index >= 15 is 0 Å². The van der Waals surface area contributed by atoms with E-state index in [4.69, 9.17) is 9.52 Å². The molecule has 0 bridgehead atoms. The second-order valence-electron chi connectivity index (χ2n) is 3.00. The molecule has 0 spiro atoms. The van der Waals surface area contributed by atoms with Crippen LogP contribution in [0.1, 0.15) is 5.76 Å². The van der Waals surface area contributed by atoms with Gasteiger partial charge in [0.2, 0.25) is 5.43 Å². The monoisotopic (exact) mass is 226 g/mol. The molecular weight excluding hydrogens is 216 g/mol. The molecule has 5 nitrogen and oxygen atoms in total. The van der Waals surface area contributed by atoms with Crippen LogP contribution in [0, 0.1) is 0 Å². The summed E-state index contributed by atoms with van der Waals surface area (Å²) in [5.74, 6) is 0.695. The number of aromatic hydroxyl groups is 1. The fourth-order valence-corrected chi connectivity index (χ4v) is 1.95. The summed E-state index contributed by atoms with van der Waals surface area (Å²) >= 11 is 1.48. The van der Waals surface area contributed by atoms with Crippen molar-refractivity contribution in [3.63, 3.8) is 0 Å². The van der Waals surface area contributed by atoms with Crippen molar-refractivity contribution in [1.82, 2.24) is 5.32 Å². The molecule has 2 heterocycles. The van der Waals surface area contributed by atoms with E-state index in [1.807, 2.05) is 0 Å². The SMILES string of the molecule is O=c1cc(CSC2=NCCN2)occ1O. The summed E-state index contributed by atoms with van der Waals surface area (Å²) in [6, 6.07) is 1.29. The van der Waals surface area contributed by atoms with Gasteiger partial charge in [0.15, 0.2) is 10.9 Å². The average Bonchev–Trinajstić information content (AvgIpc) is 2.73. The summed E-state index contributed by atoms with van der Waals surface area (Å²) in [5.41, 5.74) is -0.418. The number of amidine groups is 1. The van der Waals surface area contributed by atoms with E-state index in [-0.39, 0.29) is 5.75 Å². The molecule has 1 aromatic heterocycles. The number of hydrogen-bond donors (Lipinski definition) is 2. The Morgan fingerprint density at radius 2 is 2.53 bits per heavy atom. The number of hydrogen-bond acceptors (Lipinski definition) is 6. The Hall–Kier alpha value is -1.43. The van der Waals surface area contributed by atoms with Crippen molar-refractivity contribution >= 4 is 16.9 Å². The maximum atomic E-state index is 11.1. The molecule has 0 amide bonds. The van der Waals surface area contributed by atoms with Gasteiger partial charge in [0.05, 0.1) is 12.3 Å². The number of nitrogens with one attached hydrogen (secondary N) is 1. The molecule has 2 N–H and O–H groups in total. The van der Waals surface area contributed by atoms with E-state index in [9.17, 15) is 4.79 Å². The van der Waals surface area contributed by atoms with Gasteiger partial charge in [-0.3, -0.25) is 9.79 Å². The van der Waals surface area contributed by atoms with E-state index in [1.54, 1.807) is 0 Å². The van der Waals surface area contributed by atoms with Crippen LogP contribution in [0.25, 0.3) is 0 Å². The molecule has 0 saturated heterocycles. The molecule has 0 aromatic carbocycles. The third kappa shape index (κ3) is 2.53. The van der Waals surface area contributed by atoms with Crippen LogP contribution in [0.4, 0.5) is 0 Å². The predicted molar refractivity (Wildman–Crippen MR) is 58.2 cm³/mol. The van der Waals surface area contributed by atoms with Crippen molar-refractivity contribution in [2.24, 2.45) is 4.99 Å². The first-order chi connectivity index (χ1) is 7.25. The molecular formula is C9H10N2O3S. The van der Waals surface area contributed by atoms with Crippen LogP contribution in [0.5, 0.6) is 5.75 Å². The summed E-state index contributed by atoms with van der Waals surface area (Å²) in [4.78, 5) is 15.3. The molecule has 1 aliphatic rings. The number of aliphatic imine (C=N–C) groups is 1. The Balaban J connectivity index is 1.99.